The molecule has 3 atom stereocenters. The van der Waals surface area contributed by atoms with Gasteiger partial charge in [-0.05, 0) is 24.4 Å². The third-order valence-electron chi connectivity index (χ3n) is 2.21. The molecule has 0 aromatic rings. The van der Waals surface area contributed by atoms with Gasteiger partial charge in [-0.25, -0.2) is 4.57 Å². The van der Waals surface area contributed by atoms with Crippen molar-refractivity contribution in [2.75, 3.05) is 0 Å². The van der Waals surface area contributed by atoms with Crippen molar-refractivity contribution in [1.82, 2.24) is 0 Å². The van der Waals surface area contributed by atoms with Crippen LogP contribution in [0.25, 0.3) is 0 Å². The van der Waals surface area contributed by atoms with Crippen molar-refractivity contribution < 1.29 is 18.5 Å². The van der Waals surface area contributed by atoms with Crippen molar-refractivity contribution in [1.29, 1.82) is 0 Å². The summed E-state index contributed by atoms with van der Waals surface area (Å²) in [4.78, 5) is 9.86. The highest BCUT2D eigenvalue weighted by Crippen LogP contribution is 2.68. The summed E-state index contributed by atoms with van der Waals surface area (Å²) < 4.78 is 22.2. The molecule has 0 aliphatic carbocycles. The first kappa shape index (κ1) is 15.0. The maximum atomic E-state index is 12.0. The van der Waals surface area contributed by atoms with Crippen molar-refractivity contribution >= 4 is 18.2 Å². The van der Waals surface area contributed by atoms with Crippen LogP contribution in [0.3, 0.4) is 0 Å². The number of nitrogens with zero attached hydrogens (tertiary/aromatic N) is 1. The van der Waals surface area contributed by atoms with E-state index in [1.54, 1.807) is 0 Å². The molecule has 0 bridgehead atoms. The zero-order valence-electron chi connectivity index (χ0n) is 10.0. The van der Waals surface area contributed by atoms with E-state index in [0.29, 0.717) is 0 Å². The number of hydrogen-bond acceptors (Lipinski definition) is 6. The van der Waals surface area contributed by atoms with Gasteiger partial charge in [-0.15, -0.1) is 0 Å². The molecule has 1 heterocycles. The Morgan fingerprint density at radius 1 is 1.61 bits per heavy atom. The monoisotopic (exact) mass is 291 g/mol. The topological polar surface area (TPSA) is 78.7 Å². The van der Waals surface area contributed by atoms with Gasteiger partial charge in [0.25, 0.3) is 5.70 Å². The van der Waals surface area contributed by atoms with Crippen LogP contribution in [0.4, 0.5) is 0 Å². The number of allylic oxidation sites excluding steroid dienone is 3. The first-order chi connectivity index (χ1) is 8.38. The maximum absolute atomic E-state index is 12.0. The van der Waals surface area contributed by atoms with Gasteiger partial charge in [0.1, 0.15) is 0 Å². The molecule has 1 rings (SSSR count). The Hall–Kier alpha value is -1.04. The molecule has 1 aliphatic rings. The van der Waals surface area contributed by atoms with E-state index in [4.69, 9.17) is 9.05 Å². The predicted octanol–water partition coefficient (Wildman–Crippen LogP) is 3.51. The summed E-state index contributed by atoms with van der Waals surface area (Å²) in [6.07, 6.45) is 4.58. The first-order valence-corrected chi connectivity index (χ1v) is 8.19. The van der Waals surface area contributed by atoms with Gasteiger partial charge < -0.3 is 4.52 Å². The van der Waals surface area contributed by atoms with Gasteiger partial charge in [0.05, 0.1) is 17.3 Å². The Labute approximate surface area is 109 Å². The normalized spacial score (nSPS) is 32.7. The van der Waals surface area contributed by atoms with Crippen molar-refractivity contribution in [3.63, 3.8) is 0 Å². The molecule has 6 nitrogen and oxygen atoms in total. The number of nitro groups is 1. The Balaban J connectivity index is 2.58. The molecule has 1 aliphatic heterocycles. The van der Waals surface area contributed by atoms with Crippen molar-refractivity contribution in [2.24, 2.45) is 0 Å². The highest BCUT2D eigenvalue weighted by atomic mass is 32.7. The lowest BCUT2D eigenvalue weighted by Crippen LogP contribution is -2.09. The summed E-state index contributed by atoms with van der Waals surface area (Å²) in [5, 5.41) is 10.5. The molecular formula is C10H14NO5PS. The SMILES string of the molecule is C=C/C(=C\C=C\OP1(=O)O[C@H](C)[C@H](C)S1)[N+](=O)[O-]. The van der Waals surface area contributed by atoms with Crippen LogP contribution in [0, 0.1) is 10.1 Å². The van der Waals surface area contributed by atoms with Crippen molar-refractivity contribution in [3.05, 3.63) is 46.9 Å². The Morgan fingerprint density at radius 3 is 2.72 bits per heavy atom. The van der Waals surface area contributed by atoms with Crippen molar-refractivity contribution in [2.45, 2.75) is 25.2 Å². The molecule has 100 valence electrons. The average Bonchev–Trinajstić information content (AvgIpc) is 2.52. The molecule has 0 aromatic heterocycles. The molecule has 0 amide bonds. The molecule has 18 heavy (non-hydrogen) atoms. The first-order valence-electron chi connectivity index (χ1n) is 5.17. The highest BCUT2D eigenvalue weighted by Gasteiger charge is 2.41. The van der Waals surface area contributed by atoms with Crippen LogP contribution in [0.5, 0.6) is 0 Å². The standard InChI is InChI=1S/C10H14NO5PS/c1-4-10(11(12)13)6-5-7-15-17(14)16-8(2)9(3)18-17/h4-9H,1H2,2-3H3/b7-5+,10-6+/t8-,9+,17?/m1/s1. The fourth-order valence-corrected chi connectivity index (χ4v) is 5.37. The molecule has 0 aromatic carbocycles. The quantitative estimate of drug-likeness (QED) is 0.253. The Kier molecular flexibility index (Phi) is 5.19. The lowest BCUT2D eigenvalue weighted by Gasteiger charge is -2.07. The van der Waals surface area contributed by atoms with Gasteiger partial charge in [0.15, 0.2) is 0 Å². The zero-order valence-corrected chi connectivity index (χ0v) is 11.7. The predicted molar refractivity (Wildman–Crippen MR) is 70.7 cm³/mol. The van der Waals surface area contributed by atoms with E-state index in [2.05, 4.69) is 6.58 Å². The van der Waals surface area contributed by atoms with Gasteiger partial charge >= 0.3 is 6.80 Å². The highest BCUT2D eigenvalue weighted by molar-refractivity contribution is 8.55. The lowest BCUT2D eigenvalue weighted by molar-refractivity contribution is -0.418. The fraction of sp³-hybridized carbons (Fsp3) is 0.400. The van der Waals surface area contributed by atoms with E-state index in [1.165, 1.54) is 12.2 Å². The molecular weight excluding hydrogens is 277 g/mol. The molecule has 8 heteroatoms. The third kappa shape index (κ3) is 4.01. The summed E-state index contributed by atoms with van der Waals surface area (Å²) in [6.45, 7) is 3.84. The minimum absolute atomic E-state index is 0.0855. The Morgan fingerprint density at radius 2 is 2.28 bits per heavy atom. The minimum atomic E-state index is -3.17. The lowest BCUT2D eigenvalue weighted by atomic mass is 10.3. The Bertz CT molecular complexity index is 434. The zero-order chi connectivity index (χ0) is 13.8. The van der Waals surface area contributed by atoms with E-state index in [9.17, 15) is 14.7 Å². The minimum Gasteiger partial charge on any atom is -0.425 e. The van der Waals surface area contributed by atoms with Crippen LogP contribution in [0.15, 0.2) is 36.8 Å². The summed E-state index contributed by atoms with van der Waals surface area (Å²) in [7, 11) is 0. The van der Waals surface area contributed by atoms with Crippen LogP contribution in [0.1, 0.15) is 13.8 Å². The second-order valence-electron chi connectivity index (χ2n) is 3.55. The van der Waals surface area contributed by atoms with E-state index < -0.39 is 11.7 Å². The van der Waals surface area contributed by atoms with E-state index >= 15 is 0 Å². The summed E-state index contributed by atoms with van der Waals surface area (Å²) in [5.41, 5.74) is -0.171. The molecule has 0 N–H and O–H groups in total. The number of hydrogen-bond donors (Lipinski definition) is 0. The van der Waals surface area contributed by atoms with Gasteiger partial charge in [-0.3, -0.25) is 14.6 Å². The average molecular weight is 291 g/mol. The smallest absolute Gasteiger partial charge is 0.425 e. The van der Waals surface area contributed by atoms with Crippen LogP contribution >= 0.6 is 18.2 Å². The van der Waals surface area contributed by atoms with Crippen LogP contribution < -0.4 is 0 Å². The second kappa shape index (κ2) is 6.22. The molecule has 0 saturated carbocycles. The second-order valence-corrected chi connectivity index (χ2v) is 7.80. The fourth-order valence-electron chi connectivity index (χ4n) is 1.10. The third-order valence-corrected chi connectivity index (χ3v) is 6.44. The number of rotatable bonds is 5. The van der Waals surface area contributed by atoms with Gasteiger partial charge in [-0.1, -0.05) is 13.5 Å². The van der Waals surface area contributed by atoms with Gasteiger partial charge in [0, 0.05) is 17.4 Å². The largest absolute Gasteiger partial charge is 0.440 e. The summed E-state index contributed by atoms with van der Waals surface area (Å²) in [6, 6.07) is 0. The molecule has 0 radical (unpaired) electrons. The molecule has 1 saturated heterocycles. The van der Waals surface area contributed by atoms with E-state index in [0.717, 1.165) is 23.7 Å². The van der Waals surface area contributed by atoms with E-state index in [-0.39, 0.29) is 17.1 Å². The van der Waals surface area contributed by atoms with Gasteiger partial charge in [-0.2, -0.15) is 0 Å². The van der Waals surface area contributed by atoms with Crippen LogP contribution in [0.2, 0.25) is 0 Å². The molecule has 1 unspecified atom stereocenters. The summed E-state index contributed by atoms with van der Waals surface area (Å²) >= 11 is 1.13. The van der Waals surface area contributed by atoms with Gasteiger partial charge in [0.2, 0.25) is 0 Å². The summed E-state index contributed by atoms with van der Waals surface area (Å²) in [5.74, 6) is 0. The van der Waals surface area contributed by atoms with E-state index in [1.807, 2.05) is 13.8 Å². The molecule has 1 fully saturated rings. The van der Waals surface area contributed by atoms with Crippen LogP contribution in [-0.4, -0.2) is 16.3 Å². The van der Waals surface area contributed by atoms with Crippen molar-refractivity contribution in [3.8, 4) is 0 Å². The van der Waals surface area contributed by atoms with Crippen LogP contribution in [-0.2, 0) is 13.6 Å². The molecule has 0 spiro atoms. The maximum Gasteiger partial charge on any atom is 0.440 e.